The van der Waals surface area contributed by atoms with Crippen LogP contribution in [0.25, 0.3) is 0 Å². The fraction of sp³-hybridized carbons (Fsp3) is 0.500. The van der Waals surface area contributed by atoms with Crippen molar-refractivity contribution in [1.82, 2.24) is 4.90 Å². The van der Waals surface area contributed by atoms with Crippen LogP contribution in [-0.4, -0.2) is 47.8 Å². The Kier molecular flexibility index (Phi) is 6.35. The normalized spacial score (nSPS) is 11.0. The Labute approximate surface area is 125 Å². The molecule has 0 bridgehead atoms. The van der Waals surface area contributed by atoms with Gasteiger partial charge >= 0.3 is 0 Å². The number of benzene rings is 1. The first kappa shape index (κ1) is 17.2. The molecule has 0 aliphatic rings. The first-order valence-electron chi connectivity index (χ1n) is 6.85. The Morgan fingerprint density at radius 1 is 1.29 bits per heavy atom. The Hall–Kier alpha value is -1.90. The topological polar surface area (TPSA) is 84.6 Å². The molecular weight excluding hydrogens is 268 g/mol. The van der Waals surface area contributed by atoms with Crippen LogP contribution in [0.3, 0.4) is 0 Å². The van der Waals surface area contributed by atoms with E-state index in [0.29, 0.717) is 0 Å². The zero-order valence-electron chi connectivity index (χ0n) is 12.5. The summed E-state index contributed by atoms with van der Waals surface area (Å²) >= 11 is 0. The van der Waals surface area contributed by atoms with E-state index in [1.165, 1.54) is 4.90 Å². The number of carbonyl (C=O) groups excluding carboxylic acids is 1. The predicted octanol–water partition coefficient (Wildman–Crippen LogP) is 0.744. The number of aliphatic hydroxyl groups is 2. The van der Waals surface area contributed by atoms with Crippen LogP contribution in [0.4, 0.5) is 0 Å². The monoisotopic (exact) mass is 290 g/mol. The molecule has 1 aromatic rings. The molecule has 5 heteroatoms. The van der Waals surface area contributed by atoms with E-state index in [9.17, 15) is 15.0 Å². The van der Waals surface area contributed by atoms with Crippen LogP contribution in [0.5, 0.6) is 0 Å². The number of nitriles is 1. The van der Waals surface area contributed by atoms with Gasteiger partial charge in [-0.15, -0.1) is 0 Å². The van der Waals surface area contributed by atoms with Gasteiger partial charge in [-0.2, -0.15) is 5.26 Å². The molecule has 0 unspecified atom stereocenters. The van der Waals surface area contributed by atoms with Crippen molar-refractivity contribution in [3.05, 3.63) is 35.4 Å². The summed E-state index contributed by atoms with van der Waals surface area (Å²) in [6.07, 6.45) is 0.486. The van der Waals surface area contributed by atoms with Crippen molar-refractivity contribution in [3.63, 3.8) is 0 Å². The molecule has 0 aliphatic carbocycles. The highest BCUT2D eigenvalue weighted by Gasteiger charge is 2.26. The Morgan fingerprint density at radius 3 is 2.38 bits per heavy atom. The van der Waals surface area contributed by atoms with Gasteiger partial charge < -0.3 is 15.1 Å². The molecule has 5 nitrogen and oxygen atoms in total. The van der Waals surface area contributed by atoms with Crippen LogP contribution in [0.2, 0.25) is 0 Å². The molecule has 0 aliphatic heterocycles. The molecular formula is C16H22N2O3. The van der Waals surface area contributed by atoms with E-state index in [1.54, 1.807) is 14.0 Å². The van der Waals surface area contributed by atoms with Gasteiger partial charge in [0.2, 0.25) is 5.91 Å². The van der Waals surface area contributed by atoms with Crippen LogP contribution in [0.15, 0.2) is 24.3 Å². The molecule has 1 amide bonds. The van der Waals surface area contributed by atoms with Gasteiger partial charge in [-0.3, -0.25) is 4.79 Å². The molecule has 0 aromatic heterocycles. The van der Waals surface area contributed by atoms with Gasteiger partial charge in [0.05, 0.1) is 32.1 Å². The highest BCUT2D eigenvalue weighted by atomic mass is 16.3. The van der Waals surface area contributed by atoms with Crippen LogP contribution < -0.4 is 0 Å². The van der Waals surface area contributed by atoms with Crippen molar-refractivity contribution in [2.24, 2.45) is 5.41 Å². The van der Waals surface area contributed by atoms with Gasteiger partial charge in [-0.1, -0.05) is 31.2 Å². The van der Waals surface area contributed by atoms with Crippen molar-refractivity contribution in [2.75, 3.05) is 26.8 Å². The summed E-state index contributed by atoms with van der Waals surface area (Å²) in [6.45, 7) is 1.62. The summed E-state index contributed by atoms with van der Waals surface area (Å²) in [7, 11) is 1.65. The number of amides is 1. The van der Waals surface area contributed by atoms with E-state index >= 15 is 0 Å². The van der Waals surface area contributed by atoms with Gasteiger partial charge in [0, 0.05) is 19.0 Å². The first-order chi connectivity index (χ1) is 9.95. The molecule has 1 aromatic carbocycles. The number of hydrogen-bond donors (Lipinski definition) is 2. The standard InChI is InChI=1S/C16H22N2O3/c1-16(11-19,12-20)10-18(2)15(21)9-14-6-4-3-5-13(14)7-8-17/h3-6,19-20H,7,9-12H2,1-2H3. The van der Waals surface area contributed by atoms with E-state index in [-0.39, 0.29) is 38.5 Å². The van der Waals surface area contributed by atoms with Crippen molar-refractivity contribution < 1.29 is 15.0 Å². The summed E-state index contributed by atoms with van der Waals surface area (Å²) in [6, 6.07) is 9.47. The maximum Gasteiger partial charge on any atom is 0.226 e. The fourth-order valence-electron chi connectivity index (χ4n) is 2.10. The van der Waals surface area contributed by atoms with Crippen molar-refractivity contribution >= 4 is 5.91 Å². The highest BCUT2D eigenvalue weighted by molar-refractivity contribution is 5.79. The maximum absolute atomic E-state index is 12.3. The molecule has 21 heavy (non-hydrogen) atoms. The molecule has 0 saturated carbocycles. The SMILES string of the molecule is CN(CC(C)(CO)CO)C(=O)Cc1ccccc1CC#N. The molecule has 0 saturated heterocycles. The van der Waals surface area contributed by atoms with Gasteiger partial charge in [0.15, 0.2) is 0 Å². The average Bonchev–Trinajstić information content (AvgIpc) is 2.49. The third-order valence-electron chi connectivity index (χ3n) is 3.54. The fourth-order valence-corrected chi connectivity index (χ4v) is 2.10. The number of hydrogen-bond acceptors (Lipinski definition) is 4. The minimum absolute atomic E-state index is 0.103. The lowest BCUT2D eigenvalue weighted by atomic mass is 9.92. The zero-order chi connectivity index (χ0) is 15.9. The van der Waals surface area contributed by atoms with E-state index in [4.69, 9.17) is 5.26 Å². The van der Waals surface area contributed by atoms with Gasteiger partial charge in [0.1, 0.15) is 0 Å². The second kappa shape index (κ2) is 7.77. The van der Waals surface area contributed by atoms with Crippen molar-refractivity contribution in [3.8, 4) is 6.07 Å². The average molecular weight is 290 g/mol. The Balaban J connectivity index is 2.75. The third kappa shape index (κ3) is 4.85. The molecule has 0 fully saturated rings. The summed E-state index contributed by atoms with van der Waals surface area (Å²) in [4.78, 5) is 13.8. The molecule has 0 radical (unpaired) electrons. The number of carbonyl (C=O) groups is 1. The Bertz CT molecular complexity index is 518. The minimum Gasteiger partial charge on any atom is -0.396 e. The smallest absolute Gasteiger partial charge is 0.226 e. The predicted molar refractivity (Wildman–Crippen MR) is 79.4 cm³/mol. The molecule has 114 valence electrons. The summed E-state index contributed by atoms with van der Waals surface area (Å²) in [5, 5.41) is 27.4. The van der Waals surface area contributed by atoms with E-state index in [1.807, 2.05) is 24.3 Å². The highest BCUT2D eigenvalue weighted by Crippen LogP contribution is 2.17. The van der Waals surface area contributed by atoms with Crippen LogP contribution in [0, 0.1) is 16.7 Å². The summed E-state index contributed by atoms with van der Waals surface area (Å²) in [5.74, 6) is -0.103. The molecule has 0 atom stereocenters. The number of nitrogens with zero attached hydrogens (tertiary/aromatic N) is 2. The second-order valence-corrected chi connectivity index (χ2v) is 5.66. The van der Waals surface area contributed by atoms with Crippen molar-refractivity contribution in [1.29, 1.82) is 5.26 Å². The van der Waals surface area contributed by atoms with Crippen LogP contribution in [0.1, 0.15) is 18.1 Å². The lowest BCUT2D eigenvalue weighted by Crippen LogP contribution is -2.42. The number of aliphatic hydroxyl groups excluding tert-OH is 2. The summed E-state index contributed by atoms with van der Waals surface area (Å²) in [5.41, 5.74) is 0.982. The largest absolute Gasteiger partial charge is 0.396 e. The first-order valence-corrected chi connectivity index (χ1v) is 6.85. The minimum atomic E-state index is -0.712. The van der Waals surface area contributed by atoms with Crippen LogP contribution in [-0.2, 0) is 17.6 Å². The molecule has 2 N–H and O–H groups in total. The Morgan fingerprint density at radius 2 is 1.86 bits per heavy atom. The number of rotatable bonds is 7. The van der Waals surface area contributed by atoms with Gasteiger partial charge in [-0.25, -0.2) is 0 Å². The molecule has 0 heterocycles. The van der Waals surface area contributed by atoms with Crippen molar-refractivity contribution in [2.45, 2.75) is 19.8 Å². The lowest BCUT2D eigenvalue weighted by molar-refractivity contribution is -0.131. The van der Waals surface area contributed by atoms with E-state index in [2.05, 4.69) is 6.07 Å². The second-order valence-electron chi connectivity index (χ2n) is 5.66. The summed E-state index contributed by atoms with van der Waals surface area (Å²) < 4.78 is 0. The quantitative estimate of drug-likeness (QED) is 0.776. The van der Waals surface area contributed by atoms with Gasteiger partial charge in [0.25, 0.3) is 0 Å². The molecule has 0 spiro atoms. The lowest BCUT2D eigenvalue weighted by Gasteiger charge is -2.30. The number of likely N-dealkylation sites (N-methyl/N-ethyl adjacent to an activating group) is 1. The van der Waals surface area contributed by atoms with Gasteiger partial charge in [-0.05, 0) is 11.1 Å². The van der Waals surface area contributed by atoms with E-state index < -0.39 is 5.41 Å². The zero-order valence-corrected chi connectivity index (χ0v) is 12.5. The van der Waals surface area contributed by atoms with E-state index in [0.717, 1.165) is 11.1 Å². The maximum atomic E-state index is 12.3. The third-order valence-corrected chi connectivity index (χ3v) is 3.54. The van der Waals surface area contributed by atoms with Crippen LogP contribution >= 0.6 is 0 Å². The molecule has 1 rings (SSSR count).